The van der Waals surface area contributed by atoms with Crippen LogP contribution >= 0.6 is 0 Å². The van der Waals surface area contributed by atoms with Gasteiger partial charge in [0.25, 0.3) is 0 Å². The third kappa shape index (κ3) is 4.41. The van der Waals surface area contributed by atoms with Crippen molar-refractivity contribution in [3.63, 3.8) is 0 Å². The van der Waals surface area contributed by atoms with E-state index in [1.165, 1.54) is 12.1 Å². The van der Waals surface area contributed by atoms with Crippen LogP contribution in [-0.2, 0) is 11.3 Å². The fraction of sp³-hybridized carbons (Fsp3) is 0.238. The third-order valence-electron chi connectivity index (χ3n) is 4.37. The van der Waals surface area contributed by atoms with Crippen molar-refractivity contribution in [3.8, 4) is 16.9 Å². The number of para-hydroxylation sites is 1. The Balaban J connectivity index is 1.96. The van der Waals surface area contributed by atoms with Gasteiger partial charge in [-0.3, -0.25) is 10.1 Å². The van der Waals surface area contributed by atoms with Crippen LogP contribution in [-0.4, -0.2) is 26.9 Å². The van der Waals surface area contributed by atoms with Crippen LogP contribution < -0.4 is 5.32 Å². The molecule has 0 aliphatic carbocycles. The average Bonchev–Trinajstić information content (AvgIpc) is 3.07. The summed E-state index contributed by atoms with van der Waals surface area (Å²) < 4.78 is 15.1. The molecule has 140 valence electrons. The van der Waals surface area contributed by atoms with Gasteiger partial charge in [-0.1, -0.05) is 32.0 Å². The molecular weight excluding hydrogens is 345 g/mol. The lowest BCUT2D eigenvalue weighted by molar-refractivity contribution is -0.140. The molecule has 3 aromatic rings. The molecule has 1 aromatic heterocycles. The Hall–Kier alpha value is -2.99. The summed E-state index contributed by atoms with van der Waals surface area (Å²) >= 11 is 0. The van der Waals surface area contributed by atoms with Crippen molar-refractivity contribution in [2.75, 3.05) is 0 Å². The monoisotopic (exact) mass is 367 g/mol. The number of nitrogens with one attached hydrogen (secondary N) is 1. The molecule has 1 atom stereocenters. The van der Waals surface area contributed by atoms with E-state index in [1.807, 2.05) is 50.4 Å². The van der Waals surface area contributed by atoms with Crippen molar-refractivity contribution in [3.05, 3.63) is 72.2 Å². The minimum Gasteiger partial charge on any atom is -0.480 e. The molecule has 27 heavy (non-hydrogen) atoms. The molecule has 2 aromatic carbocycles. The maximum absolute atomic E-state index is 13.3. The normalized spacial score (nSPS) is 12.3. The smallest absolute Gasteiger partial charge is 0.320 e. The number of rotatable bonds is 7. The molecule has 5 nitrogen and oxygen atoms in total. The molecule has 0 fully saturated rings. The van der Waals surface area contributed by atoms with Crippen LogP contribution in [0.2, 0.25) is 0 Å². The van der Waals surface area contributed by atoms with Crippen LogP contribution in [0.1, 0.15) is 19.4 Å². The number of aromatic nitrogens is 2. The first-order valence-corrected chi connectivity index (χ1v) is 8.82. The second kappa shape index (κ2) is 8.14. The first-order valence-electron chi connectivity index (χ1n) is 8.82. The topological polar surface area (TPSA) is 67.2 Å². The fourth-order valence-electron chi connectivity index (χ4n) is 2.93. The van der Waals surface area contributed by atoms with E-state index in [0.717, 1.165) is 16.8 Å². The number of aliphatic carboxylic acids is 1. The zero-order valence-electron chi connectivity index (χ0n) is 15.3. The van der Waals surface area contributed by atoms with E-state index in [9.17, 15) is 14.3 Å². The second-order valence-corrected chi connectivity index (χ2v) is 6.73. The quantitative estimate of drug-likeness (QED) is 0.665. The number of hydrogen-bond donors (Lipinski definition) is 2. The van der Waals surface area contributed by atoms with Gasteiger partial charge < -0.3 is 5.11 Å². The molecule has 1 heterocycles. The number of halogens is 1. The highest BCUT2D eigenvalue weighted by atomic mass is 19.1. The highest BCUT2D eigenvalue weighted by molar-refractivity contribution is 5.73. The third-order valence-corrected chi connectivity index (χ3v) is 4.37. The van der Waals surface area contributed by atoms with E-state index in [4.69, 9.17) is 0 Å². The SMILES string of the molecule is CC(C)[C@@H](NCc1cn(-c2ccccc2)nc1-c1ccc(F)cc1)C(=O)O. The zero-order chi connectivity index (χ0) is 19.4. The van der Waals surface area contributed by atoms with Gasteiger partial charge in [-0.15, -0.1) is 0 Å². The van der Waals surface area contributed by atoms with Gasteiger partial charge in [0.1, 0.15) is 11.9 Å². The van der Waals surface area contributed by atoms with Gasteiger partial charge in [-0.25, -0.2) is 9.07 Å². The lowest BCUT2D eigenvalue weighted by Gasteiger charge is -2.17. The number of carboxylic acids is 1. The second-order valence-electron chi connectivity index (χ2n) is 6.73. The van der Waals surface area contributed by atoms with Gasteiger partial charge in [-0.05, 0) is 42.3 Å². The lowest BCUT2D eigenvalue weighted by atomic mass is 10.0. The summed E-state index contributed by atoms with van der Waals surface area (Å²) in [5.74, 6) is -1.25. The Labute approximate surface area is 157 Å². The van der Waals surface area contributed by atoms with Crippen LogP contribution in [0.25, 0.3) is 16.9 Å². The summed E-state index contributed by atoms with van der Waals surface area (Å²) in [6, 6.07) is 15.1. The maximum Gasteiger partial charge on any atom is 0.320 e. The Morgan fingerprint density at radius 2 is 1.81 bits per heavy atom. The van der Waals surface area contributed by atoms with Gasteiger partial charge in [0.15, 0.2) is 0 Å². The van der Waals surface area contributed by atoms with Crippen LogP contribution in [0, 0.1) is 11.7 Å². The molecule has 0 amide bonds. The van der Waals surface area contributed by atoms with Gasteiger partial charge in [-0.2, -0.15) is 5.10 Å². The summed E-state index contributed by atoms with van der Waals surface area (Å²) in [6.07, 6.45) is 1.88. The predicted molar refractivity (Wildman–Crippen MR) is 102 cm³/mol. The Kier molecular flexibility index (Phi) is 5.66. The van der Waals surface area contributed by atoms with Crippen LogP contribution in [0.15, 0.2) is 60.8 Å². The van der Waals surface area contributed by atoms with Crippen molar-refractivity contribution >= 4 is 5.97 Å². The highest BCUT2D eigenvalue weighted by Crippen LogP contribution is 2.24. The first-order chi connectivity index (χ1) is 13.0. The molecule has 3 rings (SSSR count). The average molecular weight is 367 g/mol. The standard InChI is InChI=1S/C21H22FN3O2/c1-14(2)19(21(26)27)23-12-16-13-25(18-6-4-3-5-7-18)24-20(16)15-8-10-17(22)11-9-15/h3-11,13-14,19,23H,12H2,1-2H3,(H,26,27)/t19-/m1/s1. The number of carboxylic acid groups (broad SMARTS) is 1. The maximum atomic E-state index is 13.3. The zero-order valence-corrected chi connectivity index (χ0v) is 15.3. The molecule has 2 N–H and O–H groups in total. The molecular formula is C21H22FN3O2. The minimum atomic E-state index is -0.885. The van der Waals surface area contributed by atoms with Gasteiger partial charge in [0, 0.05) is 23.9 Å². The van der Waals surface area contributed by atoms with Gasteiger partial charge in [0.2, 0.25) is 0 Å². The summed E-state index contributed by atoms with van der Waals surface area (Å²) in [5.41, 5.74) is 3.21. The Morgan fingerprint density at radius 3 is 2.41 bits per heavy atom. The van der Waals surface area contributed by atoms with Crippen LogP contribution in [0.5, 0.6) is 0 Å². The predicted octanol–water partition coefficient (Wildman–Crippen LogP) is 3.88. The fourth-order valence-corrected chi connectivity index (χ4v) is 2.93. The molecule has 0 radical (unpaired) electrons. The van der Waals surface area contributed by atoms with E-state index in [-0.39, 0.29) is 11.7 Å². The summed E-state index contributed by atoms with van der Waals surface area (Å²) in [7, 11) is 0. The van der Waals surface area contributed by atoms with E-state index in [2.05, 4.69) is 10.4 Å². The number of carbonyl (C=O) groups is 1. The van der Waals surface area contributed by atoms with Gasteiger partial charge in [0.05, 0.1) is 11.4 Å². The highest BCUT2D eigenvalue weighted by Gasteiger charge is 2.22. The van der Waals surface area contributed by atoms with Crippen LogP contribution in [0.3, 0.4) is 0 Å². The molecule has 0 aliphatic heterocycles. The number of hydrogen-bond acceptors (Lipinski definition) is 3. The molecule has 6 heteroatoms. The van der Waals surface area contributed by atoms with E-state index in [0.29, 0.717) is 12.2 Å². The molecule has 0 unspecified atom stereocenters. The van der Waals surface area contributed by atoms with Crippen molar-refractivity contribution in [2.45, 2.75) is 26.4 Å². The largest absolute Gasteiger partial charge is 0.480 e. The van der Waals surface area contributed by atoms with E-state index in [1.54, 1.807) is 16.8 Å². The van der Waals surface area contributed by atoms with E-state index < -0.39 is 12.0 Å². The van der Waals surface area contributed by atoms with Crippen molar-refractivity contribution < 1.29 is 14.3 Å². The van der Waals surface area contributed by atoms with E-state index >= 15 is 0 Å². The molecule has 0 saturated carbocycles. The van der Waals surface area contributed by atoms with Crippen molar-refractivity contribution in [2.24, 2.45) is 5.92 Å². The Bertz CT molecular complexity index is 905. The Morgan fingerprint density at radius 1 is 1.15 bits per heavy atom. The molecule has 0 spiro atoms. The molecule has 0 bridgehead atoms. The molecule has 0 aliphatic rings. The number of nitrogens with zero attached hydrogens (tertiary/aromatic N) is 2. The number of benzene rings is 2. The lowest BCUT2D eigenvalue weighted by Crippen LogP contribution is -2.40. The summed E-state index contributed by atoms with van der Waals surface area (Å²) in [4.78, 5) is 11.5. The van der Waals surface area contributed by atoms with Crippen molar-refractivity contribution in [1.82, 2.24) is 15.1 Å². The van der Waals surface area contributed by atoms with Gasteiger partial charge >= 0.3 is 5.97 Å². The first kappa shape index (κ1) is 18.8. The van der Waals surface area contributed by atoms with Crippen LogP contribution in [0.4, 0.5) is 4.39 Å². The molecule has 0 saturated heterocycles. The summed E-state index contributed by atoms with van der Waals surface area (Å²) in [6.45, 7) is 4.06. The summed E-state index contributed by atoms with van der Waals surface area (Å²) in [5, 5.41) is 17.1. The minimum absolute atomic E-state index is 0.0547. The van der Waals surface area contributed by atoms with Crippen molar-refractivity contribution in [1.29, 1.82) is 0 Å².